The van der Waals surface area contributed by atoms with E-state index < -0.39 is 0 Å². The molecule has 1 aliphatic heterocycles. The fourth-order valence-electron chi connectivity index (χ4n) is 3.69. The molecule has 0 bridgehead atoms. The number of hydrogen-bond donors (Lipinski definition) is 1. The van der Waals surface area contributed by atoms with Crippen molar-refractivity contribution >= 4 is 0 Å². The zero-order valence-electron chi connectivity index (χ0n) is 13.1. The highest BCUT2D eigenvalue weighted by molar-refractivity contribution is 5.45. The van der Waals surface area contributed by atoms with Gasteiger partial charge in [0, 0.05) is 0 Å². The molecule has 1 aliphatic carbocycles. The third kappa shape index (κ3) is 3.52. The molecule has 0 spiro atoms. The van der Waals surface area contributed by atoms with Gasteiger partial charge >= 0.3 is 0 Å². The molecule has 1 saturated carbocycles. The summed E-state index contributed by atoms with van der Waals surface area (Å²) < 4.78 is 11.4. The number of ether oxygens (including phenoxy) is 2. The summed E-state index contributed by atoms with van der Waals surface area (Å²) in [5, 5.41) is 3.55. The third-order valence-corrected chi connectivity index (χ3v) is 4.81. The van der Waals surface area contributed by atoms with Crippen molar-refractivity contribution in [3.63, 3.8) is 0 Å². The first-order valence-electron chi connectivity index (χ1n) is 8.48. The van der Waals surface area contributed by atoms with E-state index in [1.54, 1.807) is 0 Å². The van der Waals surface area contributed by atoms with E-state index >= 15 is 0 Å². The molecule has 0 aromatic heterocycles. The second-order valence-corrected chi connectivity index (χ2v) is 6.22. The van der Waals surface area contributed by atoms with Crippen LogP contribution in [-0.4, -0.2) is 26.3 Å². The van der Waals surface area contributed by atoms with E-state index in [-0.39, 0.29) is 0 Å². The van der Waals surface area contributed by atoms with E-state index in [1.165, 1.54) is 37.7 Å². The summed E-state index contributed by atoms with van der Waals surface area (Å²) in [5.41, 5.74) is 1.43. The maximum atomic E-state index is 5.76. The fourth-order valence-corrected chi connectivity index (χ4v) is 3.69. The van der Waals surface area contributed by atoms with Gasteiger partial charge in [-0.25, -0.2) is 0 Å². The zero-order chi connectivity index (χ0) is 14.5. The summed E-state index contributed by atoms with van der Waals surface area (Å²) in [6.07, 6.45) is 6.74. The number of rotatable bonds is 4. The van der Waals surface area contributed by atoms with Crippen molar-refractivity contribution in [2.75, 3.05) is 26.3 Å². The minimum Gasteiger partial charge on any atom is -0.486 e. The topological polar surface area (TPSA) is 30.5 Å². The van der Waals surface area contributed by atoms with Crippen LogP contribution in [0.2, 0.25) is 0 Å². The van der Waals surface area contributed by atoms with Gasteiger partial charge in [0.25, 0.3) is 0 Å². The van der Waals surface area contributed by atoms with E-state index in [1.807, 2.05) is 0 Å². The van der Waals surface area contributed by atoms with E-state index in [9.17, 15) is 0 Å². The molecular weight excluding hydrogens is 262 g/mol. The van der Waals surface area contributed by atoms with Crippen LogP contribution in [0, 0.1) is 5.92 Å². The quantitative estimate of drug-likeness (QED) is 0.857. The van der Waals surface area contributed by atoms with E-state index in [2.05, 4.69) is 30.4 Å². The minimum atomic E-state index is 0.655. The summed E-state index contributed by atoms with van der Waals surface area (Å²) in [6.45, 7) is 5.72. The lowest BCUT2D eigenvalue weighted by Gasteiger charge is -2.27. The standard InChI is InChI=1S/C18H27NO2/c1-2-19-13-15-6-4-3-5-7-16(15)14-8-9-17-18(12-14)21-11-10-20-17/h8-9,12,15-16,19H,2-7,10-11,13H2,1H3. The maximum Gasteiger partial charge on any atom is 0.161 e. The minimum absolute atomic E-state index is 0.655. The zero-order valence-corrected chi connectivity index (χ0v) is 13.1. The Balaban J connectivity index is 1.80. The number of benzene rings is 1. The van der Waals surface area contributed by atoms with Crippen LogP contribution in [0.15, 0.2) is 18.2 Å². The molecule has 0 saturated heterocycles. The molecule has 0 amide bonds. The Hall–Kier alpha value is -1.22. The van der Waals surface area contributed by atoms with Crippen LogP contribution >= 0.6 is 0 Å². The molecule has 3 heteroatoms. The lowest BCUT2D eigenvalue weighted by atomic mass is 9.82. The predicted octanol–water partition coefficient (Wildman–Crippen LogP) is 3.73. The highest BCUT2D eigenvalue weighted by Crippen LogP contribution is 2.40. The second-order valence-electron chi connectivity index (χ2n) is 6.22. The lowest BCUT2D eigenvalue weighted by molar-refractivity contribution is 0.171. The molecule has 2 atom stereocenters. The summed E-state index contributed by atoms with van der Waals surface area (Å²) in [7, 11) is 0. The van der Waals surface area contributed by atoms with Gasteiger partial charge in [0.15, 0.2) is 11.5 Å². The van der Waals surface area contributed by atoms with Crippen molar-refractivity contribution in [1.29, 1.82) is 0 Å². The van der Waals surface area contributed by atoms with Crippen molar-refractivity contribution in [3.05, 3.63) is 23.8 Å². The van der Waals surface area contributed by atoms with Crippen molar-refractivity contribution in [1.82, 2.24) is 5.32 Å². The van der Waals surface area contributed by atoms with Crippen LogP contribution in [0.25, 0.3) is 0 Å². The lowest BCUT2D eigenvalue weighted by Crippen LogP contribution is -2.27. The Kier molecular flexibility index (Phi) is 5.02. The molecule has 1 N–H and O–H groups in total. The van der Waals surface area contributed by atoms with Gasteiger partial charge in [-0.05, 0) is 55.5 Å². The maximum absolute atomic E-state index is 5.76. The summed E-state index contributed by atoms with van der Waals surface area (Å²) in [4.78, 5) is 0. The Morgan fingerprint density at radius 1 is 1.05 bits per heavy atom. The average Bonchev–Trinajstić information content (AvgIpc) is 2.78. The van der Waals surface area contributed by atoms with Crippen LogP contribution < -0.4 is 14.8 Å². The second kappa shape index (κ2) is 7.17. The van der Waals surface area contributed by atoms with Crippen LogP contribution in [0.4, 0.5) is 0 Å². The SMILES string of the molecule is CCNCC1CCCCCC1c1ccc2c(c1)OCCO2. The van der Waals surface area contributed by atoms with Gasteiger partial charge in [-0.1, -0.05) is 32.3 Å². The van der Waals surface area contributed by atoms with Crippen molar-refractivity contribution in [3.8, 4) is 11.5 Å². The fraction of sp³-hybridized carbons (Fsp3) is 0.667. The first kappa shape index (κ1) is 14.7. The highest BCUT2D eigenvalue weighted by Gasteiger charge is 2.26. The number of nitrogens with one attached hydrogen (secondary N) is 1. The Labute approximate surface area is 128 Å². The van der Waals surface area contributed by atoms with E-state index in [0.717, 1.165) is 30.5 Å². The summed E-state index contributed by atoms with van der Waals surface area (Å²) in [6, 6.07) is 6.57. The molecular formula is C18H27NO2. The van der Waals surface area contributed by atoms with Gasteiger partial charge in [-0.2, -0.15) is 0 Å². The molecule has 3 nitrogen and oxygen atoms in total. The molecule has 2 unspecified atom stereocenters. The number of hydrogen-bond acceptors (Lipinski definition) is 3. The van der Waals surface area contributed by atoms with Crippen molar-refractivity contribution in [2.24, 2.45) is 5.92 Å². The monoisotopic (exact) mass is 289 g/mol. The molecule has 21 heavy (non-hydrogen) atoms. The Bertz CT molecular complexity index is 461. The summed E-state index contributed by atoms with van der Waals surface area (Å²) >= 11 is 0. The average molecular weight is 289 g/mol. The Morgan fingerprint density at radius 2 is 1.86 bits per heavy atom. The molecule has 3 rings (SSSR count). The largest absolute Gasteiger partial charge is 0.486 e. The van der Waals surface area contributed by atoms with Crippen LogP contribution in [0.3, 0.4) is 0 Å². The van der Waals surface area contributed by atoms with Crippen molar-refractivity contribution in [2.45, 2.75) is 44.9 Å². The number of fused-ring (bicyclic) bond motifs is 1. The van der Waals surface area contributed by atoms with E-state index in [0.29, 0.717) is 19.1 Å². The molecule has 116 valence electrons. The Morgan fingerprint density at radius 3 is 2.71 bits per heavy atom. The van der Waals surface area contributed by atoms with Gasteiger partial charge in [0.2, 0.25) is 0 Å². The van der Waals surface area contributed by atoms with E-state index in [4.69, 9.17) is 9.47 Å². The molecule has 1 aromatic rings. The molecule has 1 heterocycles. The predicted molar refractivity (Wildman–Crippen MR) is 85.3 cm³/mol. The molecule has 2 aliphatic rings. The molecule has 1 fully saturated rings. The van der Waals surface area contributed by atoms with Crippen LogP contribution in [0.5, 0.6) is 11.5 Å². The first-order chi connectivity index (χ1) is 10.4. The van der Waals surface area contributed by atoms with Gasteiger partial charge in [0.1, 0.15) is 13.2 Å². The van der Waals surface area contributed by atoms with Gasteiger partial charge in [-0.3, -0.25) is 0 Å². The van der Waals surface area contributed by atoms with Gasteiger partial charge in [-0.15, -0.1) is 0 Å². The normalized spacial score (nSPS) is 25.4. The highest BCUT2D eigenvalue weighted by atomic mass is 16.6. The summed E-state index contributed by atoms with van der Waals surface area (Å²) in [5.74, 6) is 3.24. The third-order valence-electron chi connectivity index (χ3n) is 4.81. The van der Waals surface area contributed by atoms with Crippen LogP contribution in [0.1, 0.15) is 50.5 Å². The van der Waals surface area contributed by atoms with Crippen molar-refractivity contribution < 1.29 is 9.47 Å². The first-order valence-corrected chi connectivity index (χ1v) is 8.48. The smallest absolute Gasteiger partial charge is 0.161 e. The molecule has 1 aromatic carbocycles. The molecule has 0 radical (unpaired) electrons. The van der Waals surface area contributed by atoms with Gasteiger partial charge in [0.05, 0.1) is 0 Å². The van der Waals surface area contributed by atoms with Crippen LogP contribution in [-0.2, 0) is 0 Å². The van der Waals surface area contributed by atoms with Gasteiger partial charge < -0.3 is 14.8 Å².